The van der Waals surface area contributed by atoms with E-state index in [0.717, 1.165) is 59.4 Å². The number of hydrogen-bond donors (Lipinski definition) is 1. The van der Waals surface area contributed by atoms with Gasteiger partial charge in [-0.25, -0.2) is 0 Å². The highest BCUT2D eigenvalue weighted by Crippen LogP contribution is 2.24. The highest BCUT2D eigenvalue weighted by atomic mass is 16.5. The lowest BCUT2D eigenvalue weighted by Gasteiger charge is -2.34. The Morgan fingerprint density at radius 2 is 1.80 bits per heavy atom. The van der Waals surface area contributed by atoms with E-state index in [9.17, 15) is 4.79 Å². The molecule has 1 aliphatic rings. The summed E-state index contributed by atoms with van der Waals surface area (Å²) in [7, 11) is 1.68. The molecule has 5 heteroatoms. The Balaban J connectivity index is 1.36. The van der Waals surface area contributed by atoms with Crippen LogP contribution in [0, 0.1) is 13.8 Å². The number of amides is 1. The zero-order valence-electron chi connectivity index (χ0n) is 17.9. The van der Waals surface area contributed by atoms with Gasteiger partial charge in [-0.1, -0.05) is 18.2 Å². The Labute approximate surface area is 178 Å². The van der Waals surface area contributed by atoms with Crippen LogP contribution in [0.4, 0.5) is 5.69 Å². The van der Waals surface area contributed by atoms with Gasteiger partial charge in [0, 0.05) is 35.9 Å². The minimum atomic E-state index is 0.0844. The van der Waals surface area contributed by atoms with E-state index in [4.69, 9.17) is 9.72 Å². The number of fused-ring (bicyclic) bond motifs is 1. The summed E-state index contributed by atoms with van der Waals surface area (Å²) in [5.41, 5.74) is 5.33. The average Bonchev–Trinajstić information content (AvgIpc) is 2.77. The van der Waals surface area contributed by atoms with Crippen molar-refractivity contribution in [1.29, 1.82) is 0 Å². The number of hydrogen-bond acceptors (Lipinski definition) is 4. The normalized spacial score (nSPS) is 14.7. The number of benzene rings is 2. The Bertz CT molecular complexity index is 1040. The number of para-hydroxylation sites is 1. The fourth-order valence-corrected chi connectivity index (χ4v) is 4.35. The second-order valence-corrected chi connectivity index (χ2v) is 8.02. The smallest absolute Gasteiger partial charge is 0.224 e. The van der Waals surface area contributed by atoms with E-state index in [2.05, 4.69) is 35.3 Å². The summed E-state index contributed by atoms with van der Waals surface area (Å²) in [6.07, 6.45) is 2.28. The molecular weight excluding hydrogens is 374 g/mol. The highest BCUT2D eigenvalue weighted by molar-refractivity contribution is 5.86. The van der Waals surface area contributed by atoms with Crippen molar-refractivity contribution in [3.05, 3.63) is 65.4 Å². The van der Waals surface area contributed by atoms with E-state index in [1.165, 1.54) is 5.69 Å². The van der Waals surface area contributed by atoms with Crippen LogP contribution in [-0.2, 0) is 11.2 Å². The van der Waals surface area contributed by atoms with Crippen LogP contribution in [0.3, 0.4) is 0 Å². The van der Waals surface area contributed by atoms with Crippen molar-refractivity contribution >= 4 is 22.5 Å². The van der Waals surface area contributed by atoms with Crippen molar-refractivity contribution in [3.8, 4) is 5.75 Å². The van der Waals surface area contributed by atoms with Gasteiger partial charge >= 0.3 is 0 Å². The predicted octanol–water partition coefficient (Wildman–Crippen LogP) is 4.19. The van der Waals surface area contributed by atoms with Gasteiger partial charge < -0.3 is 15.0 Å². The topological polar surface area (TPSA) is 54.5 Å². The number of carbonyl (C=O) groups is 1. The van der Waals surface area contributed by atoms with Crippen molar-refractivity contribution in [3.63, 3.8) is 0 Å². The van der Waals surface area contributed by atoms with E-state index in [0.29, 0.717) is 6.42 Å². The Hall–Kier alpha value is -3.08. The molecule has 0 aliphatic carbocycles. The molecule has 0 bridgehead atoms. The Morgan fingerprint density at radius 3 is 2.50 bits per heavy atom. The Kier molecular flexibility index (Phi) is 5.88. The molecule has 1 aliphatic heterocycles. The van der Waals surface area contributed by atoms with Gasteiger partial charge in [0.2, 0.25) is 5.91 Å². The number of anilines is 1. The molecule has 1 N–H and O–H groups in total. The molecule has 1 saturated heterocycles. The molecule has 0 saturated carbocycles. The Morgan fingerprint density at radius 1 is 1.10 bits per heavy atom. The first-order valence-electron chi connectivity index (χ1n) is 10.6. The van der Waals surface area contributed by atoms with E-state index in [1.807, 2.05) is 37.3 Å². The third-order valence-corrected chi connectivity index (χ3v) is 6.12. The number of aryl methyl sites for hydroxylation is 2. The van der Waals surface area contributed by atoms with Gasteiger partial charge in [-0.3, -0.25) is 9.78 Å². The van der Waals surface area contributed by atoms with Crippen molar-refractivity contribution in [1.82, 2.24) is 10.3 Å². The van der Waals surface area contributed by atoms with Crippen LogP contribution < -0.4 is 15.0 Å². The number of methoxy groups -OCH3 is 1. The molecule has 2 aromatic carbocycles. The third kappa shape index (κ3) is 4.25. The highest BCUT2D eigenvalue weighted by Gasteiger charge is 2.22. The van der Waals surface area contributed by atoms with Crippen molar-refractivity contribution in [2.45, 2.75) is 39.2 Å². The van der Waals surface area contributed by atoms with E-state index < -0.39 is 0 Å². The van der Waals surface area contributed by atoms with E-state index in [1.54, 1.807) is 7.11 Å². The number of carbonyl (C=O) groups excluding carboxylic acids is 1. The maximum absolute atomic E-state index is 12.8. The average molecular weight is 404 g/mol. The predicted molar refractivity (Wildman–Crippen MR) is 121 cm³/mol. The van der Waals surface area contributed by atoms with Crippen LogP contribution in [-0.4, -0.2) is 37.1 Å². The monoisotopic (exact) mass is 403 g/mol. The van der Waals surface area contributed by atoms with Crippen molar-refractivity contribution in [2.75, 3.05) is 25.1 Å². The summed E-state index contributed by atoms with van der Waals surface area (Å²) < 4.78 is 5.24. The molecule has 4 rings (SSSR count). The molecule has 156 valence electrons. The standard InChI is InChI=1S/C25H29N3O2/c1-17-22-6-4-5-7-24(22)26-18(2)23(17)16-25(29)27-19-12-14-28(15-13-19)20-8-10-21(30-3)11-9-20/h4-11,19H,12-16H2,1-3H3,(H,27,29). The largest absolute Gasteiger partial charge is 0.497 e. The number of ether oxygens (including phenoxy) is 1. The molecule has 0 unspecified atom stereocenters. The van der Waals surface area contributed by atoms with Gasteiger partial charge in [-0.05, 0) is 68.1 Å². The second kappa shape index (κ2) is 8.74. The first-order valence-corrected chi connectivity index (χ1v) is 10.6. The molecule has 0 radical (unpaired) electrons. The fourth-order valence-electron chi connectivity index (χ4n) is 4.35. The second-order valence-electron chi connectivity index (χ2n) is 8.02. The SMILES string of the molecule is COc1ccc(N2CCC(NC(=O)Cc3c(C)nc4ccccc4c3C)CC2)cc1. The lowest BCUT2D eigenvalue weighted by atomic mass is 9.98. The molecule has 0 atom stereocenters. The van der Waals surface area contributed by atoms with Crippen LogP contribution in [0.2, 0.25) is 0 Å². The maximum atomic E-state index is 12.8. The van der Waals surface area contributed by atoms with Gasteiger partial charge in [0.05, 0.1) is 19.0 Å². The van der Waals surface area contributed by atoms with Gasteiger partial charge in [-0.2, -0.15) is 0 Å². The first kappa shape index (κ1) is 20.2. The molecule has 30 heavy (non-hydrogen) atoms. The number of rotatable bonds is 5. The number of aromatic nitrogens is 1. The molecule has 3 aromatic rings. The summed E-state index contributed by atoms with van der Waals surface area (Å²) in [5.74, 6) is 0.954. The third-order valence-electron chi connectivity index (χ3n) is 6.12. The summed E-state index contributed by atoms with van der Waals surface area (Å²) in [4.78, 5) is 19.8. The first-order chi connectivity index (χ1) is 14.5. The van der Waals surface area contributed by atoms with Crippen LogP contribution in [0.1, 0.15) is 29.7 Å². The summed E-state index contributed by atoms with van der Waals surface area (Å²) in [6.45, 7) is 5.96. The maximum Gasteiger partial charge on any atom is 0.224 e. The molecular formula is C25H29N3O2. The minimum Gasteiger partial charge on any atom is -0.497 e. The number of piperidine rings is 1. The number of pyridine rings is 1. The summed E-state index contributed by atoms with van der Waals surface area (Å²) in [5, 5.41) is 4.37. The van der Waals surface area contributed by atoms with Gasteiger partial charge in [-0.15, -0.1) is 0 Å². The van der Waals surface area contributed by atoms with E-state index >= 15 is 0 Å². The molecule has 1 aromatic heterocycles. The zero-order valence-corrected chi connectivity index (χ0v) is 17.9. The van der Waals surface area contributed by atoms with Gasteiger partial charge in [0.15, 0.2) is 0 Å². The lowest BCUT2D eigenvalue weighted by Crippen LogP contribution is -2.45. The summed E-state index contributed by atoms with van der Waals surface area (Å²) >= 11 is 0. The van der Waals surface area contributed by atoms with Crippen LogP contribution in [0.15, 0.2) is 48.5 Å². The van der Waals surface area contributed by atoms with Gasteiger partial charge in [0.25, 0.3) is 0 Å². The van der Waals surface area contributed by atoms with E-state index in [-0.39, 0.29) is 11.9 Å². The molecule has 1 fully saturated rings. The van der Waals surface area contributed by atoms with Crippen LogP contribution >= 0.6 is 0 Å². The zero-order chi connectivity index (χ0) is 21.1. The fraction of sp³-hybridized carbons (Fsp3) is 0.360. The molecule has 2 heterocycles. The lowest BCUT2D eigenvalue weighted by molar-refractivity contribution is -0.121. The van der Waals surface area contributed by atoms with Crippen molar-refractivity contribution in [2.24, 2.45) is 0 Å². The number of nitrogens with one attached hydrogen (secondary N) is 1. The van der Waals surface area contributed by atoms with Crippen LogP contribution in [0.25, 0.3) is 10.9 Å². The molecule has 5 nitrogen and oxygen atoms in total. The number of nitrogens with zero attached hydrogens (tertiary/aromatic N) is 2. The quantitative estimate of drug-likeness (QED) is 0.694. The van der Waals surface area contributed by atoms with Crippen molar-refractivity contribution < 1.29 is 9.53 Å². The van der Waals surface area contributed by atoms with Crippen LogP contribution in [0.5, 0.6) is 5.75 Å². The van der Waals surface area contributed by atoms with Gasteiger partial charge in [0.1, 0.15) is 5.75 Å². The molecule has 0 spiro atoms. The summed E-state index contributed by atoms with van der Waals surface area (Å²) in [6, 6.07) is 16.5. The molecule has 1 amide bonds. The minimum absolute atomic E-state index is 0.0844.